The molecule has 404 valence electrons. The summed E-state index contributed by atoms with van der Waals surface area (Å²) in [6.07, 6.45) is 3.08. The highest BCUT2D eigenvalue weighted by Gasteiger charge is 2.64. The average Bonchev–Trinajstić information content (AvgIpc) is 3.88. The number of carbonyl (C=O) groups excluding carboxylic acids is 10. The number of hydrogen-bond donors (Lipinski definition) is 2. The number of carbonyl (C=O) groups is 10. The summed E-state index contributed by atoms with van der Waals surface area (Å²) in [4.78, 5) is 134. The Bertz CT molecular complexity index is 2440. The number of likely N-dealkylation sites (tertiary alicyclic amines) is 2. The number of amides is 7. The van der Waals surface area contributed by atoms with Crippen LogP contribution < -0.4 is 10.2 Å². The first-order valence-electron chi connectivity index (χ1n) is 24.2. The fraction of sp³-hybridized carbons (Fsp3) is 0.600. The van der Waals surface area contributed by atoms with E-state index < -0.39 is 89.0 Å². The molecule has 0 aliphatic carbocycles. The number of fused-ring (bicyclic) bond motifs is 5. The number of ether oxygens (including phenoxy) is 5. The van der Waals surface area contributed by atoms with Crippen LogP contribution in [0.15, 0.2) is 35.9 Å². The van der Waals surface area contributed by atoms with Crippen molar-refractivity contribution in [1.29, 1.82) is 0 Å². The molecule has 21 nitrogen and oxygen atoms in total. The molecule has 74 heavy (non-hydrogen) atoms. The van der Waals surface area contributed by atoms with E-state index >= 15 is 0 Å². The number of benzene rings is 1. The molecule has 1 aromatic carbocycles. The van der Waals surface area contributed by atoms with Crippen molar-refractivity contribution < 1.29 is 76.7 Å². The van der Waals surface area contributed by atoms with Gasteiger partial charge in [0.25, 0.3) is 0 Å². The summed E-state index contributed by atoms with van der Waals surface area (Å²) in [6.45, 7) is 7.28. The fourth-order valence-electron chi connectivity index (χ4n) is 9.33. The SMILES string of the molecule is CSC1CC(=O)N(CCOCCOCCN2C(=O)CC(SCCC(=O)N(C)[C@H](C)C(=O)O[C@H]3CC(=O)N(C)c4cc(cc(C=O)c4Cl)C/C(C)=C/C=C/[C@@H](C=O)[C@@]4(O)C[C@H](OC(=O)N4)[C@@H](C)[C@@H]4O[C@@]34C)C2=O)C1=O. The van der Waals surface area contributed by atoms with Crippen LogP contribution in [-0.4, -0.2) is 192 Å². The largest absolute Gasteiger partial charge is 0.457 e. The number of anilines is 1. The standard InChI is InChI=1S/C50H64ClN5O16S2/c1-28-9-8-10-33(27-58)50(67)25-35(70-48(66)52-50)29(2)44-49(4,72-44)38(24-40(60)54(6)34-21-31(19-28)20-32(26-57)43(34)51)71-47(65)30(3)53(5)39(59)11-18-74-37-23-42(62)56(46(37)64)13-15-69-17-16-68-14-12-55-41(61)22-36(73-7)45(55)63/h8-10,20-21,26-27,29-30,33,35-38,44,67H,11-19,22-25H2,1-7H3,(H,52,66)/b10-8+,28-9+/t29-,30-,33+,35+,36?,37?,38+,44+,49+,50+/m1/s1. The summed E-state index contributed by atoms with van der Waals surface area (Å²) in [7, 11) is 2.87. The van der Waals surface area contributed by atoms with E-state index in [9.17, 15) is 53.1 Å². The number of rotatable bonds is 19. The van der Waals surface area contributed by atoms with Crippen LogP contribution in [0.3, 0.4) is 0 Å². The summed E-state index contributed by atoms with van der Waals surface area (Å²) in [5, 5.41) is 13.0. The molecule has 5 heterocycles. The van der Waals surface area contributed by atoms with E-state index in [1.807, 2.05) is 0 Å². The third-order valence-corrected chi connectivity index (χ3v) is 16.7. The summed E-state index contributed by atoms with van der Waals surface area (Å²) in [5.41, 5.74) is -1.72. The molecule has 10 atom stereocenters. The minimum atomic E-state index is -2.05. The third-order valence-electron chi connectivity index (χ3n) is 14.1. The lowest BCUT2D eigenvalue weighted by Crippen LogP contribution is -2.61. The first-order valence-corrected chi connectivity index (χ1v) is 27.0. The number of nitrogens with zero attached hydrogens (tertiary/aromatic N) is 4. The molecule has 4 fully saturated rings. The van der Waals surface area contributed by atoms with Crippen molar-refractivity contribution in [2.45, 2.75) is 112 Å². The van der Waals surface area contributed by atoms with Crippen molar-refractivity contribution in [2.75, 3.05) is 70.5 Å². The maximum atomic E-state index is 14.3. The fourth-order valence-corrected chi connectivity index (χ4v) is 11.4. The molecule has 0 aromatic heterocycles. The third kappa shape index (κ3) is 13.4. The molecule has 5 aliphatic heterocycles. The second-order valence-corrected chi connectivity index (χ2v) is 21.9. The lowest BCUT2D eigenvalue weighted by atomic mass is 9.82. The van der Waals surface area contributed by atoms with Gasteiger partial charge in [-0.15, -0.1) is 11.8 Å². The first kappa shape index (κ1) is 58.1. The van der Waals surface area contributed by atoms with Crippen LogP contribution >= 0.6 is 35.1 Å². The Morgan fingerprint density at radius 2 is 1.62 bits per heavy atom. The molecule has 6 rings (SSSR count). The Morgan fingerprint density at radius 1 is 0.986 bits per heavy atom. The van der Waals surface area contributed by atoms with Crippen molar-refractivity contribution in [3.8, 4) is 0 Å². The summed E-state index contributed by atoms with van der Waals surface area (Å²) < 4.78 is 29.0. The normalized spacial score (nSPS) is 30.0. The van der Waals surface area contributed by atoms with E-state index in [0.29, 0.717) is 18.1 Å². The van der Waals surface area contributed by atoms with Crippen LogP contribution in [0.25, 0.3) is 0 Å². The Kier molecular flexibility index (Phi) is 19.7. The molecule has 2 N–H and O–H groups in total. The number of aldehydes is 2. The predicted octanol–water partition coefficient (Wildman–Crippen LogP) is 2.89. The Balaban J connectivity index is 1.06. The highest BCUT2D eigenvalue weighted by Crippen LogP contribution is 2.49. The van der Waals surface area contributed by atoms with E-state index in [2.05, 4.69) is 5.32 Å². The van der Waals surface area contributed by atoms with Crippen molar-refractivity contribution in [2.24, 2.45) is 11.8 Å². The van der Waals surface area contributed by atoms with Crippen LogP contribution in [0, 0.1) is 11.8 Å². The molecular weight excluding hydrogens is 1030 g/mol. The van der Waals surface area contributed by atoms with E-state index in [1.54, 1.807) is 51.3 Å². The smallest absolute Gasteiger partial charge is 0.409 e. The lowest BCUT2D eigenvalue weighted by molar-refractivity contribution is -0.162. The number of halogens is 1. The van der Waals surface area contributed by atoms with Gasteiger partial charge in [-0.1, -0.05) is 42.3 Å². The molecule has 5 aliphatic rings. The van der Waals surface area contributed by atoms with Gasteiger partial charge in [-0.25, -0.2) is 9.59 Å². The van der Waals surface area contributed by atoms with Crippen LogP contribution in [0.5, 0.6) is 0 Å². The minimum Gasteiger partial charge on any atom is -0.457 e. The van der Waals surface area contributed by atoms with Gasteiger partial charge >= 0.3 is 12.1 Å². The number of thioether (sulfide) groups is 2. The summed E-state index contributed by atoms with van der Waals surface area (Å²) in [5.74, 6) is -4.92. The second kappa shape index (κ2) is 25.1. The van der Waals surface area contributed by atoms with E-state index in [0.717, 1.165) is 22.2 Å². The number of imide groups is 2. The molecule has 7 amide bonds. The van der Waals surface area contributed by atoms with Crippen LogP contribution in [0.1, 0.15) is 75.7 Å². The van der Waals surface area contributed by atoms with Gasteiger partial charge in [-0.2, -0.15) is 11.8 Å². The number of aliphatic hydroxyl groups is 1. The van der Waals surface area contributed by atoms with Gasteiger partial charge in [-0.05, 0) is 51.1 Å². The predicted molar refractivity (Wildman–Crippen MR) is 271 cm³/mol. The maximum absolute atomic E-state index is 14.3. The topological polar surface area (TPSA) is 265 Å². The molecule has 24 heteroatoms. The van der Waals surface area contributed by atoms with Gasteiger partial charge in [-0.3, -0.25) is 48.7 Å². The monoisotopic (exact) mass is 1090 g/mol. The zero-order valence-corrected chi connectivity index (χ0v) is 44.8. The van der Waals surface area contributed by atoms with Crippen LogP contribution in [0.2, 0.25) is 5.02 Å². The molecule has 1 aromatic rings. The summed E-state index contributed by atoms with van der Waals surface area (Å²) >= 11 is 9.16. The average molecular weight is 1090 g/mol. The number of epoxide rings is 1. The van der Waals surface area contributed by atoms with Gasteiger partial charge in [0.05, 0.1) is 79.2 Å². The number of esters is 1. The van der Waals surface area contributed by atoms with E-state index in [-0.39, 0.29) is 117 Å². The zero-order chi connectivity index (χ0) is 54.2. The number of alkyl carbamates (subject to hydrolysis) is 1. The molecule has 2 unspecified atom stereocenters. The number of nitrogens with one attached hydrogen (secondary N) is 1. The lowest BCUT2D eigenvalue weighted by Gasteiger charge is -2.41. The van der Waals surface area contributed by atoms with Gasteiger partial charge in [0, 0.05) is 57.0 Å². The summed E-state index contributed by atoms with van der Waals surface area (Å²) in [6, 6.07) is 2.05. The Hall–Kier alpha value is -5.17. The van der Waals surface area contributed by atoms with Crippen molar-refractivity contribution in [1.82, 2.24) is 20.0 Å². The highest BCUT2D eigenvalue weighted by atomic mass is 35.5. The highest BCUT2D eigenvalue weighted by molar-refractivity contribution is 8.00. The van der Waals surface area contributed by atoms with Crippen molar-refractivity contribution in [3.05, 3.63) is 52.1 Å². The van der Waals surface area contributed by atoms with Crippen molar-refractivity contribution in [3.63, 3.8) is 0 Å². The number of likely N-dealkylation sites (N-methyl/N-ethyl adjacent to an activating group) is 1. The molecule has 4 bridgehead atoms. The zero-order valence-electron chi connectivity index (χ0n) is 42.4. The molecular formula is C50H64ClN5O16S2. The number of hydrogen-bond acceptors (Lipinski definition) is 18. The molecule has 0 radical (unpaired) electrons. The Morgan fingerprint density at radius 3 is 2.23 bits per heavy atom. The number of allylic oxidation sites excluding steroid dienone is 3. The van der Waals surface area contributed by atoms with Gasteiger partial charge in [0.1, 0.15) is 30.1 Å². The van der Waals surface area contributed by atoms with Gasteiger partial charge in [0.2, 0.25) is 35.4 Å². The van der Waals surface area contributed by atoms with Crippen LogP contribution in [-0.2, 0) is 68.5 Å². The van der Waals surface area contributed by atoms with Gasteiger partial charge < -0.3 is 43.4 Å². The molecule has 0 saturated carbocycles. The molecule has 4 saturated heterocycles. The molecule has 0 spiro atoms. The maximum Gasteiger partial charge on any atom is 0.409 e. The second-order valence-electron chi connectivity index (χ2n) is 19.1. The Labute approximate surface area is 442 Å². The van der Waals surface area contributed by atoms with E-state index in [1.165, 1.54) is 53.6 Å². The van der Waals surface area contributed by atoms with Crippen LogP contribution in [0.4, 0.5) is 10.5 Å². The van der Waals surface area contributed by atoms with Crippen molar-refractivity contribution >= 4 is 101 Å². The minimum absolute atomic E-state index is 0.0112. The van der Waals surface area contributed by atoms with E-state index in [4.69, 9.17) is 35.3 Å². The quantitative estimate of drug-likeness (QED) is 0.0663. The first-order chi connectivity index (χ1) is 35.1. The van der Waals surface area contributed by atoms with Gasteiger partial charge in [0.15, 0.2) is 12.0 Å².